The lowest BCUT2D eigenvalue weighted by Crippen LogP contribution is -2.26. The van der Waals surface area contributed by atoms with Crippen LogP contribution in [0.4, 0.5) is 5.69 Å². The summed E-state index contributed by atoms with van der Waals surface area (Å²) in [6, 6.07) is 8.30. The minimum Gasteiger partial charge on any atom is -0.481 e. The van der Waals surface area contributed by atoms with Crippen LogP contribution in [0.2, 0.25) is 0 Å². The summed E-state index contributed by atoms with van der Waals surface area (Å²) in [7, 11) is 0. The molecule has 0 amide bonds. The first-order valence-electron chi connectivity index (χ1n) is 6.56. The molecular weight excluding hydrogens is 226 g/mol. The fourth-order valence-electron chi connectivity index (χ4n) is 2.42. The summed E-state index contributed by atoms with van der Waals surface area (Å²) >= 11 is 0. The van der Waals surface area contributed by atoms with E-state index < -0.39 is 11.4 Å². The molecule has 0 radical (unpaired) electrons. The summed E-state index contributed by atoms with van der Waals surface area (Å²) < 4.78 is 0. The standard InChI is InChI=1S/C15H21NO2/c1-15(2,14(17)18)11-12-6-5-7-13(10-12)16-8-3-4-9-16/h5-7,10H,3-4,8-9,11H2,1-2H3,(H,17,18). The lowest BCUT2D eigenvalue weighted by Gasteiger charge is -2.22. The molecule has 0 atom stereocenters. The number of carbonyl (C=O) groups is 1. The molecule has 1 saturated heterocycles. The van der Waals surface area contributed by atoms with Crippen LogP contribution >= 0.6 is 0 Å². The Morgan fingerprint density at radius 3 is 2.61 bits per heavy atom. The highest BCUT2D eigenvalue weighted by molar-refractivity contribution is 5.74. The van der Waals surface area contributed by atoms with E-state index in [1.54, 1.807) is 13.8 Å². The predicted octanol–water partition coefficient (Wildman–Crippen LogP) is 2.94. The Labute approximate surface area is 108 Å². The molecule has 1 aliphatic heterocycles. The molecule has 18 heavy (non-hydrogen) atoms. The minimum absolute atomic E-state index is 0.573. The van der Waals surface area contributed by atoms with E-state index in [1.165, 1.54) is 18.5 Å². The molecule has 98 valence electrons. The number of carboxylic acids is 1. The lowest BCUT2D eigenvalue weighted by atomic mass is 9.86. The molecule has 0 aromatic heterocycles. The first-order chi connectivity index (χ1) is 8.49. The number of rotatable bonds is 4. The number of nitrogens with zero attached hydrogens (tertiary/aromatic N) is 1. The molecule has 2 rings (SSSR count). The molecular formula is C15H21NO2. The van der Waals surface area contributed by atoms with Crippen molar-refractivity contribution in [3.8, 4) is 0 Å². The molecule has 1 aromatic carbocycles. The van der Waals surface area contributed by atoms with E-state index in [0.29, 0.717) is 6.42 Å². The van der Waals surface area contributed by atoms with Crippen LogP contribution in [-0.2, 0) is 11.2 Å². The third-order valence-corrected chi connectivity index (χ3v) is 3.61. The summed E-state index contributed by atoms with van der Waals surface area (Å²) in [6.07, 6.45) is 3.08. The van der Waals surface area contributed by atoms with Gasteiger partial charge in [-0.25, -0.2) is 0 Å². The summed E-state index contributed by atoms with van der Waals surface area (Å²) in [6.45, 7) is 5.78. The molecule has 0 spiro atoms. The topological polar surface area (TPSA) is 40.5 Å². The van der Waals surface area contributed by atoms with Gasteiger partial charge in [-0.3, -0.25) is 4.79 Å². The van der Waals surface area contributed by atoms with Crippen molar-refractivity contribution in [3.05, 3.63) is 29.8 Å². The van der Waals surface area contributed by atoms with Crippen molar-refractivity contribution >= 4 is 11.7 Å². The number of aliphatic carboxylic acids is 1. The van der Waals surface area contributed by atoms with E-state index in [2.05, 4.69) is 17.0 Å². The van der Waals surface area contributed by atoms with Gasteiger partial charge < -0.3 is 10.0 Å². The van der Waals surface area contributed by atoms with Crippen molar-refractivity contribution < 1.29 is 9.90 Å². The molecule has 1 N–H and O–H groups in total. The molecule has 0 aliphatic carbocycles. The van der Waals surface area contributed by atoms with Gasteiger partial charge in [0.15, 0.2) is 0 Å². The molecule has 0 unspecified atom stereocenters. The Kier molecular flexibility index (Phi) is 3.60. The maximum atomic E-state index is 11.2. The van der Waals surface area contributed by atoms with Crippen LogP contribution < -0.4 is 4.90 Å². The second-order valence-corrected chi connectivity index (χ2v) is 5.73. The summed E-state index contributed by atoms with van der Waals surface area (Å²) in [5.41, 5.74) is 1.63. The van der Waals surface area contributed by atoms with Crippen LogP contribution in [0, 0.1) is 5.41 Å². The Hall–Kier alpha value is -1.51. The first kappa shape index (κ1) is 12.9. The van der Waals surface area contributed by atoms with Gasteiger partial charge in [0.25, 0.3) is 0 Å². The monoisotopic (exact) mass is 247 g/mol. The molecule has 3 nitrogen and oxygen atoms in total. The van der Waals surface area contributed by atoms with Gasteiger partial charge in [-0.1, -0.05) is 12.1 Å². The Bertz CT molecular complexity index is 434. The van der Waals surface area contributed by atoms with Gasteiger partial charge in [-0.15, -0.1) is 0 Å². The van der Waals surface area contributed by atoms with E-state index in [4.69, 9.17) is 0 Å². The second-order valence-electron chi connectivity index (χ2n) is 5.73. The fraction of sp³-hybridized carbons (Fsp3) is 0.533. The van der Waals surface area contributed by atoms with Crippen molar-refractivity contribution in [2.24, 2.45) is 5.41 Å². The average molecular weight is 247 g/mol. The Morgan fingerprint density at radius 1 is 1.33 bits per heavy atom. The quantitative estimate of drug-likeness (QED) is 0.889. The van der Waals surface area contributed by atoms with Gasteiger partial charge in [0, 0.05) is 18.8 Å². The van der Waals surface area contributed by atoms with Gasteiger partial charge in [0.05, 0.1) is 5.41 Å². The Morgan fingerprint density at radius 2 is 2.00 bits per heavy atom. The molecule has 1 fully saturated rings. The number of carboxylic acid groups (broad SMARTS) is 1. The largest absolute Gasteiger partial charge is 0.481 e. The van der Waals surface area contributed by atoms with Crippen molar-refractivity contribution in [2.75, 3.05) is 18.0 Å². The van der Waals surface area contributed by atoms with Gasteiger partial charge in [-0.05, 0) is 50.8 Å². The van der Waals surface area contributed by atoms with E-state index >= 15 is 0 Å². The molecule has 0 bridgehead atoms. The third-order valence-electron chi connectivity index (χ3n) is 3.61. The van der Waals surface area contributed by atoms with Crippen molar-refractivity contribution in [3.63, 3.8) is 0 Å². The predicted molar refractivity (Wildman–Crippen MR) is 73.0 cm³/mol. The molecule has 1 heterocycles. The summed E-state index contributed by atoms with van der Waals surface area (Å²) in [4.78, 5) is 13.5. The number of hydrogen-bond acceptors (Lipinski definition) is 2. The van der Waals surface area contributed by atoms with E-state index in [0.717, 1.165) is 18.7 Å². The van der Waals surface area contributed by atoms with Gasteiger partial charge in [0.2, 0.25) is 0 Å². The molecule has 1 aliphatic rings. The summed E-state index contributed by atoms with van der Waals surface area (Å²) in [5.74, 6) is -0.742. The molecule has 3 heteroatoms. The van der Waals surface area contributed by atoms with Gasteiger partial charge in [-0.2, -0.15) is 0 Å². The zero-order chi connectivity index (χ0) is 13.2. The third kappa shape index (κ3) is 2.84. The highest BCUT2D eigenvalue weighted by Gasteiger charge is 2.27. The number of benzene rings is 1. The van der Waals surface area contributed by atoms with Crippen LogP contribution in [0.25, 0.3) is 0 Å². The normalized spacial score (nSPS) is 16.0. The Balaban J connectivity index is 2.14. The number of hydrogen-bond donors (Lipinski definition) is 1. The first-order valence-corrected chi connectivity index (χ1v) is 6.56. The van der Waals surface area contributed by atoms with Crippen LogP contribution in [0.15, 0.2) is 24.3 Å². The number of anilines is 1. The second kappa shape index (κ2) is 5.01. The van der Waals surface area contributed by atoms with Crippen molar-refractivity contribution in [2.45, 2.75) is 33.1 Å². The fourth-order valence-corrected chi connectivity index (χ4v) is 2.42. The van der Waals surface area contributed by atoms with Crippen LogP contribution in [0.1, 0.15) is 32.3 Å². The van der Waals surface area contributed by atoms with Gasteiger partial charge in [0.1, 0.15) is 0 Å². The summed E-state index contributed by atoms with van der Waals surface area (Å²) in [5, 5.41) is 9.17. The highest BCUT2D eigenvalue weighted by atomic mass is 16.4. The lowest BCUT2D eigenvalue weighted by molar-refractivity contribution is -0.146. The SMILES string of the molecule is CC(C)(Cc1cccc(N2CCCC2)c1)C(=O)O. The maximum absolute atomic E-state index is 11.2. The van der Waals surface area contributed by atoms with Crippen molar-refractivity contribution in [1.82, 2.24) is 0 Å². The average Bonchev–Trinajstić information content (AvgIpc) is 2.82. The highest BCUT2D eigenvalue weighted by Crippen LogP contribution is 2.26. The van der Waals surface area contributed by atoms with Crippen LogP contribution in [0.5, 0.6) is 0 Å². The zero-order valence-corrected chi connectivity index (χ0v) is 11.1. The van der Waals surface area contributed by atoms with Crippen molar-refractivity contribution in [1.29, 1.82) is 0 Å². The molecule has 1 aromatic rings. The minimum atomic E-state index is -0.742. The van der Waals surface area contributed by atoms with Gasteiger partial charge >= 0.3 is 5.97 Å². The van der Waals surface area contributed by atoms with E-state index in [9.17, 15) is 9.90 Å². The maximum Gasteiger partial charge on any atom is 0.309 e. The zero-order valence-electron chi connectivity index (χ0n) is 11.1. The molecule has 0 saturated carbocycles. The van der Waals surface area contributed by atoms with Crippen LogP contribution in [0.3, 0.4) is 0 Å². The van der Waals surface area contributed by atoms with E-state index in [-0.39, 0.29) is 0 Å². The van der Waals surface area contributed by atoms with E-state index in [1.807, 2.05) is 12.1 Å². The van der Waals surface area contributed by atoms with Crippen LogP contribution in [-0.4, -0.2) is 24.2 Å². The smallest absolute Gasteiger partial charge is 0.309 e.